The van der Waals surface area contributed by atoms with E-state index in [1.165, 1.54) is 7.11 Å². The average Bonchev–Trinajstić information content (AvgIpc) is 2.27. The second-order valence-electron chi connectivity index (χ2n) is 3.27. The minimum atomic E-state index is -0.782. The van der Waals surface area contributed by atoms with E-state index in [0.717, 1.165) is 0 Å². The highest BCUT2D eigenvalue weighted by Crippen LogP contribution is 2.40. The largest absolute Gasteiger partial charge is 0.484 e. The second kappa shape index (κ2) is 4.09. The fourth-order valence-corrected chi connectivity index (χ4v) is 1.68. The first-order chi connectivity index (χ1) is 7.61. The molecule has 0 fully saturated rings. The molecule has 1 atom stereocenters. The number of hydrogen-bond donors (Lipinski definition) is 1. The van der Waals surface area contributed by atoms with Gasteiger partial charge in [0.05, 0.1) is 12.1 Å². The summed E-state index contributed by atoms with van der Waals surface area (Å²) >= 11 is 5.91. The predicted molar refractivity (Wildman–Crippen MR) is 57.8 cm³/mol. The van der Waals surface area contributed by atoms with Crippen molar-refractivity contribution in [1.29, 1.82) is 0 Å². The summed E-state index contributed by atoms with van der Waals surface area (Å²) in [5.41, 5.74) is 6.04. The lowest BCUT2D eigenvalue weighted by molar-refractivity contribution is -0.151. The van der Waals surface area contributed by atoms with Gasteiger partial charge in [-0.15, -0.1) is 0 Å². The number of ether oxygens (including phenoxy) is 3. The quantitative estimate of drug-likeness (QED) is 0.594. The topological polar surface area (TPSA) is 70.8 Å². The van der Waals surface area contributed by atoms with E-state index in [4.69, 9.17) is 26.8 Å². The number of carbonyl (C=O) groups excluding carboxylic acids is 1. The van der Waals surface area contributed by atoms with Crippen LogP contribution in [0.3, 0.4) is 0 Å². The zero-order valence-electron chi connectivity index (χ0n) is 8.53. The molecule has 2 N–H and O–H groups in total. The Morgan fingerprint density at radius 2 is 2.38 bits per heavy atom. The van der Waals surface area contributed by atoms with Gasteiger partial charge in [-0.1, -0.05) is 11.6 Å². The minimum absolute atomic E-state index is 0.0727. The van der Waals surface area contributed by atoms with Gasteiger partial charge in [0, 0.05) is 11.8 Å². The van der Waals surface area contributed by atoms with Gasteiger partial charge in [0.15, 0.2) is 11.5 Å². The van der Waals surface area contributed by atoms with Crippen molar-refractivity contribution in [3.8, 4) is 11.5 Å². The summed E-state index contributed by atoms with van der Waals surface area (Å²) in [6.45, 7) is 0.0727. The van der Waals surface area contributed by atoms with E-state index in [1.54, 1.807) is 12.1 Å². The number of hydrogen-bond acceptors (Lipinski definition) is 5. The molecule has 2 rings (SSSR count). The molecule has 0 amide bonds. The van der Waals surface area contributed by atoms with E-state index in [-0.39, 0.29) is 6.61 Å². The van der Waals surface area contributed by atoms with Gasteiger partial charge in [-0.05, 0) is 6.07 Å². The van der Waals surface area contributed by atoms with Crippen molar-refractivity contribution in [3.63, 3.8) is 0 Å². The highest BCUT2D eigenvalue weighted by Gasteiger charge is 2.29. The van der Waals surface area contributed by atoms with Gasteiger partial charge in [-0.25, -0.2) is 4.79 Å². The van der Waals surface area contributed by atoms with Crippen molar-refractivity contribution in [2.24, 2.45) is 0 Å². The third kappa shape index (κ3) is 1.86. The van der Waals surface area contributed by atoms with Crippen LogP contribution in [0.2, 0.25) is 5.02 Å². The third-order valence-electron chi connectivity index (χ3n) is 2.14. The minimum Gasteiger partial charge on any atom is -0.484 e. The molecule has 1 aliphatic rings. The number of carbonyl (C=O) groups is 1. The molecule has 1 aromatic carbocycles. The summed E-state index contributed by atoms with van der Waals surface area (Å²) in [6, 6.07) is 3.11. The maximum Gasteiger partial charge on any atom is 0.350 e. The lowest BCUT2D eigenvalue weighted by atomic mass is 10.2. The molecular weight excluding hydrogens is 234 g/mol. The number of methoxy groups -OCH3 is 1. The Morgan fingerprint density at radius 3 is 3.06 bits per heavy atom. The zero-order chi connectivity index (χ0) is 11.7. The Bertz CT molecular complexity index is 435. The fraction of sp³-hybridized carbons (Fsp3) is 0.300. The lowest BCUT2D eigenvalue weighted by Gasteiger charge is -2.25. The van der Waals surface area contributed by atoms with Crippen LogP contribution in [0.1, 0.15) is 0 Å². The lowest BCUT2D eigenvalue weighted by Crippen LogP contribution is -2.37. The van der Waals surface area contributed by atoms with Crippen molar-refractivity contribution < 1.29 is 19.0 Å². The molecule has 0 bridgehead atoms. The predicted octanol–water partition coefficient (Wildman–Crippen LogP) is 1.23. The molecule has 16 heavy (non-hydrogen) atoms. The first kappa shape index (κ1) is 10.9. The zero-order valence-corrected chi connectivity index (χ0v) is 9.28. The molecule has 1 aliphatic heterocycles. The molecule has 0 radical (unpaired) electrons. The smallest absolute Gasteiger partial charge is 0.350 e. The van der Waals surface area contributed by atoms with Crippen LogP contribution in [0.4, 0.5) is 5.69 Å². The van der Waals surface area contributed by atoms with Crippen molar-refractivity contribution in [3.05, 3.63) is 17.2 Å². The van der Waals surface area contributed by atoms with E-state index < -0.39 is 12.1 Å². The van der Waals surface area contributed by atoms with E-state index in [9.17, 15) is 4.79 Å². The molecular formula is C10H10ClNO4. The first-order valence-electron chi connectivity index (χ1n) is 4.58. The van der Waals surface area contributed by atoms with Crippen molar-refractivity contribution >= 4 is 23.3 Å². The summed E-state index contributed by atoms with van der Waals surface area (Å²) in [5, 5.41) is 0.360. The van der Waals surface area contributed by atoms with Crippen LogP contribution in [0, 0.1) is 0 Å². The van der Waals surface area contributed by atoms with Gasteiger partial charge in [0.2, 0.25) is 6.10 Å². The Kier molecular flexibility index (Phi) is 2.78. The van der Waals surface area contributed by atoms with Crippen LogP contribution < -0.4 is 15.2 Å². The normalized spacial score (nSPS) is 18.0. The van der Waals surface area contributed by atoms with E-state index >= 15 is 0 Å². The SMILES string of the molecule is COC(=O)C1COc2c(Cl)cc(N)cc2O1. The maximum absolute atomic E-state index is 11.3. The second-order valence-corrected chi connectivity index (χ2v) is 3.68. The number of nitrogens with two attached hydrogens (primary N) is 1. The third-order valence-corrected chi connectivity index (χ3v) is 2.42. The highest BCUT2D eigenvalue weighted by atomic mass is 35.5. The van der Waals surface area contributed by atoms with Gasteiger partial charge >= 0.3 is 5.97 Å². The first-order valence-corrected chi connectivity index (χ1v) is 4.96. The van der Waals surface area contributed by atoms with E-state index in [2.05, 4.69) is 4.74 Å². The summed E-state index contributed by atoms with van der Waals surface area (Å²) < 4.78 is 15.3. The van der Waals surface area contributed by atoms with Gasteiger partial charge in [0.1, 0.15) is 6.61 Å². The molecule has 0 spiro atoms. The standard InChI is InChI=1S/C10H10ClNO4/c1-14-10(13)8-4-15-9-6(11)2-5(12)3-7(9)16-8/h2-3,8H,4,12H2,1H3. The Hall–Kier alpha value is -1.62. The Balaban J connectivity index is 2.30. The molecule has 0 aromatic heterocycles. The molecule has 1 unspecified atom stereocenters. The van der Waals surface area contributed by atoms with E-state index in [0.29, 0.717) is 22.2 Å². The van der Waals surface area contributed by atoms with Crippen LogP contribution in [-0.4, -0.2) is 25.8 Å². The van der Waals surface area contributed by atoms with Crippen LogP contribution >= 0.6 is 11.6 Å². The van der Waals surface area contributed by atoms with Crippen LogP contribution in [0.15, 0.2) is 12.1 Å². The fourth-order valence-electron chi connectivity index (χ4n) is 1.41. The monoisotopic (exact) mass is 243 g/mol. The van der Waals surface area contributed by atoms with Crippen LogP contribution in [-0.2, 0) is 9.53 Å². The number of benzene rings is 1. The highest BCUT2D eigenvalue weighted by molar-refractivity contribution is 6.32. The van der Waals surface area contributed by atoms with Crippen LogP contribution in [0.5, 0.6) is 11.5 Å². The molecule has 86 valence electrons. The molecule has 6 heteroatoms. The molecule has 0 saturated carbocycles. The van der Waals surface area contributed by atoms with Gasteiger partial charge in [-0.2, -0.15) is 0 Å². The van der Waals surface area contributed by atoms with Gasteiger partial charge in [-0.3, -0.25) is 0 Å². The molecule has 0 aliphatic carbocycles. The van der Waals surface area contributed by atoms with Crippen molar-refractivity contribution in [2.75, 3.05) is 19.5 Å². The van der Waals surface area contributed by atoms with Crippen molar-refractivity contribution in [1.82, 2.24) is 0 Å². The van der Waals surface area contributed by atoms with Crippen LogP contribution in [0.25, 0.3) is 0 Å². The molecule has 0 saturated heterocycles. The molecule has 1 heterocycles. The van der Waals surface area contributed by atoms with E-state index in [1.807, 2.05) is 0 Å². The number of nitrogen functional groups attached to an aromatic ring is 1. The Morgan fingerprint density at radius 1 is 1.62 bits per heavy atom. The van der Waals surface area contributed by atoms with Gasteiger partial charge < -0.3 is 19.9 Å². The average molecular weight is 244 g/mol. The number of esters is 1. The number of fused-ring (bicyclic) bond motifs is 1. The van der Waals surface area contributed by atoms with Gasteiger partial charge in [0.25, 0.3) is 0 Å². The number of halogens is 1. The summed E-state index contributed by atoms with van der Waals surface area (Å²) in [5.74, 6) is 0.256. The summed E-state index contributed by atoms with van der Waals surface area (Å²) in [4.78, 5) is 11.3. The molecule has 5 nitrogen and oxygen atoms in total. The molecule has 1 aromatic rings. The maximum atomic E-state index is 11.3. The van der Waals surface area contributed by atoms with Crippen molar-refractivity contribution in [2.45, 2.75) is 6.10 Å². The summed E-state index contributed by atoms with van der Waals surface area (Å²) in [7, 11) is 1.29. The number of anilines is 1. The number of rotatable bonds is 1. The Labute approximate surface area is 97.0 Å². The summed E-state index contributed by atoms with van der Waals surface area (Å²) in [6.07, 6.45) is -0.782.